The minimum absolute atomic E-state index is 0.178. The van der Waals surface area contributed by atoms with Crippen LogP contribution in [0.5, 0.6) is 0 Å². The molecular formula is C15H17BrFNO3. The van der Waals surface area contributed by atoms with Crippen molar-refractivity contribution in [2.45, 2.75) is 26.2 Å². The summed E-state index contributed by atoms with van der Waals surface area (Å²) >= 11 is 3.11. The van der Waals surface area contributed by atoms with Gasteiger partial charge in [0.1, 0.15) is 5.82 Å². The van der Waals surface area contributed by atoms with Crippen LogP contribution in [-0.2, 0) is 16.0 Å². The van der Waals surface area contributed by atoms with Crippen LogP contribution >= 0.6 is 15.9 Å². The van der Waals surface area contributed by atoms with Gasteiger partial charge in [0, 0.05) is 12.5 Å². The van der Waals surface area contributed by atoms with Gasteiger partial charge in [-0.15, -0.1) is 0 Å². The van der Waals surface area contributed by atoms with Gasteiger partial charge >= 0.3 is 5.97 Å². The minimum atomic E-state index is -0.849. The number of aliphatic carboxylic acids is 1. The van der Waals surface area contributed by atoms with Gasteiger partial charge in [-0.05, 0) is 52.9 Å². The van der Waals surface area contributed by atoms with Gasteiger partial charge in [-0.1, -0.05) is 13.0 Å². The number of carbonyl (C=O) groups is 2. The number of hydrogen-bond donors (Lipinski definition) is 2. The van der Waals surface area contributed by atoms with E-state index in [4.69, 9.17) is 5.11 Å². The molecule has 1 aliphatic carbocycles. The topological polar surface area (TPSA) is 66.4 Å². The molecule has 21 heavy (non-hydrogen) atoms. The Balaban J connectivity index is 1.87. The SMILES string of the molecule is CC(Cc1ccc(F)c(Br)c1)C(=O)NCC1(C(=O)O)CC1. The average Bonchev–Trinajstić information content (AvgIpc) is 3.21. The molecule has 0 aromatic heterocycles. The Kier molecular flexibility index (Phi) is 4.66. The number of rotatable bonds is 6. The second kappa shape index (κ2) is 6.13. The third-order valence-electron chi connectivity index (χ3n) is 3.88. The molecule has 0 radical (unpaired) electrons. The Morgan fingerprint density at radius 3 is 2.67 bits per heavy atom. The predicted molar refractivity (Wildman–Crippen MR) is 79.3 cm³/mol. The Labute approximate surface area is 130 Å². The van der Waals surface area contributed by atoms with Gasteiger partial charge in [-0.25, -0.2) is 4.39 Å². The van der Waals surface area contributed by atoms with Crippen molar-refractivity contribution in [3.05, 3.63) is 34.1 Å². The molecule has 1 fully saturated rings. The van der Waals surface area contributed by atoms with Crippen LogP contribution in [0.15, 0.2) is 22.7 Å². The van der Waals surface area contributed by atoms with Crippen LogP contribution in [0.2, 0.25) is 0 Å². The molecule has 1 aromatic carbocycles. The fourth-order valence-corrected chi connectivity index (χ4v) is 2.59. The second-order valence-electron chi connectivity index (χ2n) is 5.66. The fourth-order valence-electron chi connectivity index (χ4n) is 2.16. The maximum atomic E-state index is 13.1. The molecule has 0 aliphatic heterocycles. The van der Waals surface area contributed by atoms with E-state index in [1.165, 1.54) is 6.07 Å². The zero-order valence-electron chi connectivity index (χ0n) is 11.7. The van der Waals surface area contributed by atoms with Gasteiger partial charge < -0.3 is 10.4 Å². The lowest BCUT2D eigenvalue weighted by atomic mass is 9.99. The van der Waals surface area contributed by atoms with Crippen LogP contribution in [0.1, 0.15) is 25.3 Å². The molecule has 0 saturated heterocycles. The maximum Gasteiger partial charge on any atom is 0.311 e. The first-order valence-electron chi connectivity index (χ1n) is 6.79. The first-order chi connectivity index (χ1) is 9.84. The van der Waals surface area contributed by atoms with E-state index in [2.05, 4.69) is 21.2 Å². The lowest BCUT2D eigenvalue weighted by Crippen LogP contribution is -2.37. The summed E-state index contributed by atoms with van der Waals surface area (Å²) < 4.78 is 13.5. The van der Waals surface area contributed by atoms with Crippen molar-refractivity contribution in [2.75, 3.05) is 6.54 Å². The van der Waals surface area contributed by atoms with Crippen LogP contribution in [0.25, 0.3) is 0 Å². The lowest BCUT2D eigenvalue weighted by molar-refractivity contribution is -0.143. The number of hydrogen-bond acceptors (Lipinski definition) is 2. The largest absolute Gasteiger partial charge is 0.481 e. The lowest BCUT2D eigenvalue weighted by Gasteiger charge is -2.15. The van der Waals surface area contributed by atoms with E-state index in [1.807, 2.05) is 0 Å². The van der Waals surface area contributed by atoms with E-state index in [0.29, 0.717) is 23.7 Å². The van der Waals surface area contributed by atoms with Crippen molar-refractivity contribution in [1.82, 2.24) is 5.32 Å². The normalized spacial score (nSPS) is 17.1. The Hall–Kier alpha value is -1.43. The van der Waals surface area contributed by atoms with Crippen molar-refractivity contribution in [3.63, 3.8) is 0 Å². The molecule has 0 bridgehead atoms. The highest BCUT2D eigenvalue weighted by Gasteiger charge is 2.50. The summed E-state index contributed by atoms with van der Waals surface area (Å²) in [6, 6.07) is 4.65. The Morgan fingerprint density at radius 2 is 2.14 bits per heavy atom. The second-order valence-corrected chi connectivity index (χ2v) is 6.51. The van der Waals surface area contributed by atoms with Gasteiger partial charge in [0.15, 0.2) is 0 Å². The molecule has 4 nitrogen and oxygen atoms in total. The van der Waals surface area contributed by atoms with E-state index in [1.54, 1.807) is 19.1 Å². The summed E-state index contributed by atoms with van der Waals surface area (Å²) in [6.07, 6.45) is 1.70. The molecule has 1 amide bonds. The van der Waals surface area contributed by atoms with E-state index < -0.39 is 11.4 Å². The molecule has 0 spiro atoms. The monoisotopic (exact) mass is 357 g/mol. The zero-order chi connectivity index (χ0) is 15.6. The molecular weight excluding hydrogens is 341 g/mol. The first-order valence-corrected chi connectivity index (χ1v) is 7.58. The maximum absolute atomic E-state index is 13.1. The fraction of sp³-hybridized carbons (Fsp3) is 0.467. The summed E-state index contributed by atoms with van der Waals surface area (Å²) in [6.45, 7) is 1.95. The third-order valence-corrected chi connectivity index (χ3v) is 4.49. The van der Waals surface area contributed by atoms with Crippen molar-refractivity contribution in [1.29, 1.82) is 0 Å². The van der Waals surface area contributed by atoms with Crippen LogP contribution in [0, 0.1) is 17.2 Å². The highest BCUT2D eigenvalue weighted by Crippen LogP contribution is 2.45. The van der Waals surface area contributed by atoms with Crippen molar-refractivity contribution in [3.8, 4) is 0 Å². The Morgan fingerprint density at radius 1 is 1.48 bits per heavy atom. The van der Waals surface area contributed by atoms with Gasteiger partial charge in [0.25, 0.3) is 0 Å². The van der Waals surface area contributed by atoms with Crippen molar-refractivity contribution in [2.24, 2.45) is 11.3 Å². The van der Waals surface area contributed by atoms with Crippen LogP contribution < -0.4 is 5.32 Å². The molecule has 1 saturated carbocycles. The van der Waals surface area contributed by atoms with Gasteiger partial charge in [0.2, 0.25) is 5.91 Å². The molecule has 2 rings (SSSR count). The highest BCUT2D eigenvalue weighted by molar-refractivity contribution is 9.10. The number of carboxylic acids is 1. The average molecular weight is 358 g/mol. The van der Waals surface area contributed by atoms with Crippen LogP contribution in [-0.4, -0.2) is 23.5 Å². The first kappa shape index (κ1) is 15.9. The number of nitrogens with one attached hydrogen (secondary N) is 1. The number of halogens is 2. The quantitative estimate of drug-likeness (QED) is 0.822. The van der Waals surface area contributed by atoms with Crippen LogP contribution in [0.4, 0.5) is 4.39 Å². The summed E-state index contributed by atoms with van der Waals surface area (Å²) in [5.74, 6) is -1.67. The molecule has 2 N–H and O–H groups in total. The molecule has 6 heteroatoms. The van der Waals surface area contributed by atoms with Gasteiger partial charge in [-0.2, -0.15) is 0 Å². The number of benzene rings is 1. The summed E-state index contributed by atoms with van der Waals surface area (Å²) in [7, 11) is 0. The number of amides is 1. The third kappa shape index (κ3) is 3.81. The smallest absolute Gasteiger partial charge is 0.311 e. The van der Waals surface area contributed by atoms with Crippen LogP contribution in [0.3, 0.4) is 0 Å². The van der Waals surface area contributed by atoms with E-state index in [0.717, 1.165) is 5.56 Å². The molecule has 1 atom stereocenters. The summed E-state index contributed by atoms with van der Waals surface area (Å²) in [4.78, 5) is 23.0. The molecule has 1 aromatic rings. The molecule has 114 valence electrons. The van der Waals surface area contributed by atoms with Crippen molar-refractivity contribution < 1.29 is 19.1 Å². The standard InChI is InChI=1S/C15H17BrFNO3/c1-9(6-10-2-3-12(17)11(16)7-10)13(19)18-8-15(4-5-15)14(20)21/h2-3,7,9H,4-6,8H2,1H3,(H,18,19)(H,20,21). The van der Waals surface area contributed by atoms with E-state index in [-0.39, 0.29) is 24.2 Å². The number of carboxylic acid groups (broad SMARTS) is 1. The summed E-state index contributed by atoms with van der Waals surface area (Å²) in [5, 5.41) is 11.8. The highest BCUT2D eigenvalue weighted by atomic mass is 79.9. The van der Waals surface area contributed by atoms with Gasteiger partial charge in [-0.3, -0.25) is 9.59 Å². The van der Waals surface area contributed by atoms with E-state index in [9.17, 15) is 14.0 Å². The van der Waals surface area contributed by atoms with Gasteiger partial charge in [0.05, 0.1) is 9.89 Å². The minimum Gasteiger partial charge on any atom is -0.481 e. The van der Waals surface area contributed by atoms with Crippen molar-refractivity contribution >= 4 is 27.8 Å². The Bertz CT molecular complexity index is 572. The molecule has 1 aliphatic rings. The summed E-state index contributed by atoms with van der Waals surface area (Å²) in [5.41, 5.74) is 0.0965. The zero-order valence-corrected chi connectivity index (χ0v) is 13.2. The molecule has 0 heterocycles. The number of carbonyl (C=O) groups excluding carboxylic acids is 1. The van der Waals surface area contributed by atoms with E-state index >= 15 is 0 Å². The predicted octanol–water partition coefficient (Wildman–Crippen LogP) is 2.75. The molecule has 1 unspecified atom stereocenters.